The number of hydrogen-bond donors (Lipinski definition) is 0. The van der Waals surface area contributed by atoms with Gasteiger partial charge in [-0.25, -0.2) is 4.39 Å². The Morgan fingerprint density at radius 1 is 1.00 bits per heavy atom. The van der Waals surface area contributed by atoms with Gasteiger partial charge in [0.25, 0.3) is 0 Å². The minimum absolute atomic E-state index is 0.0666. The summed E-state index contributed by atoms with van der Waals surface area (Å²) in [5, 5.41) is 0. The van der Waals surface area contributed by atoms with E-state index in [1.165, 1.54) is 6.07 Å². The molecule has 1 aromatic carbocycles. The minimum atomic E-state index is -0.337. The van der Waals surface area contributed by atoms with Gasteiger partial charge < -0.3 is 9.80 Å². The maximum absolute atomic E-state index is 13.6. The second-order valence-electron chi connectivity index (χ2n) is 6.46. The summed E-state index contributed by atoms with van der Waals surface area (Å²) < 4.78 is 13.6. The topological polar surface area (TPSA) is 40.6 Å². The van der Waals surface area contributed by atoms with Crippen LogP contribution in [0.4, 0.5) is 4.39 Å². The third-order valence-electron chi connectivity index (χ3n) is 4.95. The van der Waals surface area contributed by atoms with Gasteiger partial charge in [0.15, 0.2) is 0 Å². The Kier molecular flexibility index (Phi) is 4.94. The van der Waals surface area contributed by atoms with Crippen molar-refractivity contribution in [2.45, 2.75) is 32.1 Å². The van der Waals surface area contributed by atoms with Crippen molar-refractivity contribution < 1.29 is 14.0 Å². The number of benzene rings is 1. The summed E-state index contributed by atoms with van der Waals surface area (Å²) in [5.74, 6) is 0.0401. The predicted molar refractivity (Wildman–Crippen MR) is 85.2 cm³/mol. The molecule has 2 aliphatic rings. The van der Waals surface area contributed by atoms with Gasteiger partial charge in [-0.1, -0.05) is 31.0 Å². The first-order chi connectivity index (χ1) is 11.1. The number of hydrogen-bond acceptors (Lipinski definition) is 2. The highest BCUT2D eigenvalue weighted by atomic mass is 19.1. The van der Waals surface area contributed by atoms with E-state index < -0.39 is 0 Å². The van der Waals surface area contributed by atoms with Gasteiger partial charge in [-0.15, -0.1) is 0 Å². The molecule has 2 fully saturated rings. The second-order valence-corrected chi connectivity index (χ2v) is 6.46. The first kappa shape index (κ1) is 16.0. The summed E-state index contributed by atoms with van der Waals surface area (Å²) in [5.41, 5.74) is 0.432. The van der Waals surface area contributed by atoms with Gasteiger partial charge in [0, 0.05) is 32.1 Å². The van der Waals surface area contributed by atoms with Crippen LogP contribution in [0, 0.1) is 11.7 Å². The zero-order chi connectivity index (χ0) is 16.2. The molecule has 1 aromatic rings. The fourth-order valence-corrected chi connectivity index (χ4v) is 3.52. The summed E-state index contributed by atoms with van der Waals surface area (Å²) >= 11 is 0. The van der Waals surface area contributed by atoms with E-state index in [-0.39, 0.29) is 30.0 Å². The van der Waals surface area contributed by atoms with E-state index in [9.17, 15) is 14.0 Å². The van der Waals surface area contributed by atoms with Crippen LogP contribution in [0.3, 0.4) is 0 Å². The Morgan fingerprint density at radius 3 is 2.26 bits per heavy atom. The Morgan fingerprint density at radius 2 is 1.61 bits per heavy atom. The van der Waals surface area contributed by atoms with Crippen molar-refractivity contribution in [2.24, 2.45) is 5.92 Å². The monoisotopic (exact) mass is 318 g/mol. The fourth-order valence-electron chi connectivity index (χ4n) is 3.52. The lowest BCUT2D eigenvalue weighted by Gasteiger charge is -2.36. The van der Waals surface area contributed by atoms with E-state index >= 15 is 0 Å². The van der Waals surface area contributed by atoms with Crippen LogP contribution >= 0.6 is 0 Å². The lowest BCUT2D eigenvalue weighted by molar-refractivity contribution is -0.141. The molecule has 3 rings (SSSR count). The molecule has 0 unspecified atom stereocenters. The molecule has 23 heavy (non-hydrogen) atoms. The summed E-state index contributed by atoms with van der Waals surface area (Å²) in [7, 11) is 0. The van der Waals surface area contributed by atoms with Crippen LogP contribution in [0.25, 0.3) is 0 Å². The third-order valence-corrected chi connectivity index (χ3v) is 4.95. The van der Waals surface area contributed by atoms with Gasteiger partial charge in [-0.2, -0.15) is 0 Å². The van der Waals surface area contributed by atoms with Crippen molar-refractivity contribution in [3.05, 3.63) is 35.6 Å². The summed E-state index contributed by atoms with van der Waals surface area (Å²) in [6.45, 7) is 2.29. The first-order valence-electron chi connectivity index (χ1n) is 8.45. The molecule has 1 aliphatic heterocycles. The predicted octanol–water partition coefficient (Wildman–Crippen LogP) is 2.23. The highest BCUT2D eigenvalue weighted by molar-refractivity contribution is 5.81. The van der Waals surface area contributed by atoms with E-state index in [2.05, 4.69) is 0 Å². The molecule has 1 saturated heterocycles. The van der Waals surface area contributed by atoms with Crippen molar-refractivity contribution in [3.63, 3.8) is 0 Å². The number of carbonyl (C=O) groups excluding carboxylic acids is 2. The average molecular weight is 318 g/mol. The van der Waals surface area contributed by atoms with Gasteiger partial charge in [0.2, 0.25) is 11.8 Å². The molecule has 0 spiro atoms. The van der Waals surface area contributed by atoms with E-state index in [0.717, 1.165) is 25.7 Å². The lowest BCUT2D eigenvalue weighted by Crippen LogP contribution is -2.52. The lowest BCUT2D eigenvalue weighted by atomic mass is 10.1. The molecule has 0 radical (unpaired) electrons. The van der Waals surface area contributed by atoms with Crippen molar-refractivity contribution in [1.82, 2.24) is 9.80 Å². The number of halogens is 1. The first-order valence-corrected chi connectivity index (χ1v) is 8.45. The van der Waals surface area contributed by atoms with Crippen LogP contribution in [0.15, 0.2) is 24.3 Å². The molecular formula is C18H23FN2O2. The summed E-state index contributed by atoms with van der Waals surface area (Å²) in [6.07, 6.45) is 4.40. The number of rotatable bonds is 3. The van der Waals surface area contributed by atoms with E-state index in [0.29, 0.717) is 31.7 Å². The van der Waals surface area contributed by atoms with Crippen LogP contribution in [0.5, 0.6) is 0 Å². The SMILES string of the molecule is O=C(Cc1ccccc1F)N1CCN(C(=O)C2CCCC2)CC1. The molecule has 5 heteroatoms. The van der Waals surface area contributed by atoms with Crippen molar-refractivity contribution in [1.29, 1.82) is 0 Å². The molecule has 1 heterocycles. The standard InChI is InChI=1S/C18H23FN2O2/c19-16-8-4-3-7-15(16)13-17(22)20-9-11-21(12-10-20)18(23)14-5-1-2-6-14/h3-4,7-8,14H,1-2,5-6,9-13H2. The quantitative estimate of drug-likeness (QED) is 0.857. The number of amides is 2. The second kappa shape index (κ2) is 7.11. The summed E-state index contributed by atoms with van der Waals surface area (Å²) in [4.78, 5) is 28.3. The number of nitrogens with zero attached hydrogens (tertiary/aromatic N) is 2. The molecule has 0 N–H and O–H groups in total. The molecule has 124 valence electrons. The largest absolute Gasteiger partial charge is 0.339 e. The van der Waals surface area contributed by atoms with Crippen molar-refractivity contribution in [2.75, 3.05) is 26.2 Å². The Balaban J connectivity index is 1.51. The van der Waals surface area contributed by atoms with Crippen molar-refractivity contribution >= 4 is 11.8 Å². The molecule has 4 nitrogen and oxygen atoms in total. The Hall–Kier alpha value is -1.91. The maximum Gasteiger partial charge on any atom is 0.227 e. The van der Waals surface area contributed by atoms with Gasteiger partial charge in [-0.05, 0) is 24.5 Å². The highest BCUT2D eigenvalue weighted by Crippen LogP contribution is 2.27. The van der Waals surface area contributed by atoms with Gasteiger partial charge in [-0.3, -0.25) is 9.59 Å². The smallest absolute Gasteiger partial charge is 0.227 e. The summed E-state index contributed by atoms with van der Waals surface area (Å²) in [6, 6.07) is 6.38. The zero-order valence-corrected chi connectivity index (χ0v) is 13.3. The van der Waals surface area contributed by atoms with Crippen LogP contribution in [-0.2, 0) is 16.0 Å². The van der Waals surface area contributed by atoms with Crippen LogP contribution in [-0.4, -0.2) is 47.8 Å². The van der Waals surface area contributed by atoms with E-state index in [1.807, 2.05) is 4.90 Å². The molecular weight excluding hydrogens is 295 g/mol. The van der Waals surface area contributed by atoms with Crippen molar-refractivity contribution in [3.8, 4) is 0 Å². The molecule has 0 atom stereocenters. The van der Waals surface area contributed by atoms with E-state index in [1.54, 1.807) is 23.1 Å². The Labute approximate surface area is 136 Å². The van der Waals surface area contributed by atoms with Gasteiger partial charge in [0.05, 0.1) is 6.42 Å². The molecule has 2 amide bonds. The highest BCUT2D eigenvalue weighted by Gasteiger charge is 2.30. The normalized spacial score (nSPS) is 19.2. The number of carbonyl (C=O) groups is 2. The number of piperazine rings is 1. The van der Waals surface area contributed by atoms with Crippen LogP contribution < -0.4 is 0 Å². The molecule has 0 aromatic heterocycles. The van der Waals surface area contributed by atoms with Crippen LogP contribution in [0.1, 0.15) is 31.2 Å². The van der Waals surface area contributed by atoms with Gasteiger partial charge >= 0.3 is 0 Å². The van der Waals surface area contributed by atoms with Gasteiger partial charge in [0.1, 0.15) is 5.82 Å². The molecule has 0 bridgehead atoms. The zero-order valence-electron chi connectivity index (χ0n) is 13.3. The maximum atomic E-state index is 13.6. The van der Waals surface area contributed by atoms with Crippen LogP contribution in [0.2, 0.25) is 0 Å². The molecule has 1 saturated carbocycles. The average Bonchev–Trinajstić information content (AvgIpc) is 3.11. The molecule has 1 aliphatic carbocycles. The fraction of sp³-hybridized carbons (Fsp3) is 0.556. The minimum Gasteiger partial charge on any atom is -0.339 e. The third kappa shape index (κ3) is 3.71. The Bertz CT molecular complexity index is 576. The van der Waals surface area contributed by atoms with E-state index in [4.69, 9.17) is 0 Å².